The predicted octanol–water partition coefficient (Wildman–Crippen LogP) is 3.55. The quantitative estimate of drug-likeness (QED) is 0.600. The summed E-state index contributed by atoms with van der Waals surface area (Å²) in [4.78, 5) is 12.4. The third kappa shape index (κ3) is 4.27. The molecule has 0 aliphatic heterocycles. The highest BCUT2D eigenvalue weighted by Crippen LogP contribution is 2.25. The average Bonchev–Trinajstić information content (AvgIpc) is 2.57. The molecule has 0 heterocycles. The van der Waals surface area contributed by atoms with E-state index in [2.05, 4.69) is 9.62 Å². The summed E-state index contributed by atoms with van der Waals surface area (Å²) in [6, 6.07) is 10.9. The summed E-state index contributed by atoms with van der Waals surface area (Å²) in [6.07, 6.45) is 0. The van der Waals surface area contributed by atoms with E-state index in [4.69, 9.17) is 0 Å². The molecule has 25 heavy (non-hydrogen) atoms. The SMILES string of the molecule is CCN(CC)c1ccc(NS(=O)(=O)c2ccc(C)c([N+](=O)[O-])c2)cc1. The first-order chi connectivity index (χ1) is 11.8. The minimum atomic E-state index is -3.90. The topological polar surface area (TPSA) is 92.6 Å². The second kappa shape index (κ2) is 7.52. The number of anilines is 2. The Balaban J connectivity index is 2.27. The fourth-order valence-electron chi connectivity index (χ4n) is 2.50. The normalized spacial score (nSPS) is 11.2. The van der Waals surface area contributed by atoms with Gasteiger partial charge in [0, 0.05) is 36.1 Å². The van der Waals surface area contributed by atoms with Crippen LogP contribution in [0.5, 0.6) is 0 Å². The first-order valence-corrected chi connectivity index (χ1v) is 9.39. The lowest BCUT2D eigenvalue weighted by Crippen LogP contribution is -2.21. The van der Waals surface area contributed by atoms with Crippen LogP contribution in [0.15, 0.2) is 47.4 Å². The third-order valence-corrected chi connectivity index (χ3v) is 5.31. The molecule has 0 aliphatic carbocycles. The van der Waals surface area contributed by atoms with Crippen LogP contribution >= 0.6 is 0 Å². The zero-order valence-corrected chi connectivity index (χ0v) is 15.2. The molecule has 0 unspecified atom stereocenters. The summed E-state index contributed by atoms with van der Waals surface area (Å²) in [5, 5.41) is 11.0. The maximum Gasteiger partial charge on any atom is 0.273 e. The number of nitro groups is 1. The first kappa shape index (κ1) is 18.7. The molecule has 0 aliphatic rings. The Labute approximate surface area is 147 Å². The van der Waals surface area contributed by atoms with Crippen LogP contribution in [0.3, 0.4) is 0 Å². The Morgan fingerprint density at radius 3 is 2.20 bits per heavy atom. The molecule has 2 aromatic carbocycles. The van der Waals surface area contributed by atoms with Gasteiger partial charge in [-0.05, 0) is 51.1 Å². The van der Waals surface area contributed by atoms with Crippen LogP contribution < -0.4 is 9.62 Å². The molecular formula is C17H21N3O4S. The van der Waals surface area contributed by atoms with Crippen LogP contribution in [0, 0.1) is 17.0 Å². The number of benzene rings is 2. The lowest BCUT2D eigenvalue weighted by Gasteiger charge is -2.21. The van der Waals surface area contributed by atoms with E-state index in [1.165, 1.54) is 12.1 Å². The Morgan fingerprint density at radius 2 is 1.68 bits per heavy atom. The van der Waals surface area contributed by atoms with Crippen LogP contribution in [-0.2, 0) is 10.0 Å². The van der Waals surface area contributed by atoms with E-state index < -0.39 is 14.9 Å². The molecule has 0 atom stereocenters. The maximum absolute atomic E-state index is 12.5. The highest BCUT2D eigenvalue weighted by Gasteiger charge is 2.20. The standard InChI is InChI=1S/C17H21N3O4S/c1-4-19(5-2)15-9-7-14(8-10-15)18-25(23,24)16-11-6-13(3)17(12-16)20(21)22/h6-12,18H,4-5H2,1-3H3. The van der Waals surface area contributed by atoms with E-state index in [-0.39, 0.29) is 10.6 Å². The maximum atomic E-state index is 12.5. The summed E-state index contributed by atoms with van der Waals surface area (Å²) < 4.78 is 27.4. The highest BCUT2D eigenvalue weighted by molar-refractivity contribution is 7.92. The van der Waals surface area contributed by atoms with E-state index in [1.54, 1.807) is 19.1 Å². The van der Waals surface area contributed by atoms with Gasteiger partial charge < -0.3 is 4.90 Å². The molecule has 0 amide bonds. The average molecular weight is 363 g/mol. The number of hydrogen-bond donors (Lipinski definition) is 1. The van der Waals surface area contributed by atoms with Crippen molar-refractivity contribution in [2.24, 2.45) is 0 Å². The molecule has 0 radical (unpaired) electrons. The third-order valence-electron chi connectivity index (χ3n) is 3.94. The summed E-state index contributed by atoms with van der Waals surface area (Å²) in [5.41, 5.74) is 1.59. The van der Waals surface area contributed by atoms with Gasteiger partial charge in [0.1, 0.15) is 0 Å². The number of hydrogen-bond acceptors (Lipinski definition) is 5. The van der Waals surface area contributed by atoms with Gasteiger partial charge in [0.2, 0.25) is 0 Å². The number of rotatable bonds is 7. The molecule has 2 aromatic rings. The fourth-order valence-corrected chi connectivity index (χ4v) is 3.57. The first-order valence-electron chi connectivity index (χ1n) is 7.91. The van der Waals surface area contributed by atoms with Gasteiger partial charge in [0.15, 0.2) is 0 Å². The Kier molecular flexibility index (Phi) is 5.63. The number of nitrogens with one attached hydrogen (secondary N) is 1. The van der Waals surface area contributed by atoms with Crippen LogP contribution in [0.2, 0.25) is 0 Å². The molecule has 0 saturated carbocycles. The molecule has 0 bridgehead atoms. The summed E-state index contributed by atoms with van der Waals surface area (Å²) in [6.45, 7) is 7.37. The van der Waals surface area contributed by atoms with Crippen LogP contribution in [0.25, 0.3) is 0 Å². The van der Waals surface area contributed by atoms with Gasteiger partial charge in [-0.3, -0.25) is 14.8 Å². The van der Waals surface area contributed by atoms with Crippen molar-refractivity contribution < 1.29 is 13.3 Å². The van der Waals surface area contributed by atoms with Crippen molar-refractivity contribution in [1.82, 2.24) is 0 Å². The van der Waals surface area contributed by atoms with E-state index >= 15 is 0 Å². The van der Waals surface area contributed by atoms with Crippen molar-refractivity contribution in [3.63, 3.8) is 0 Å². The van der Waals surface area contributed by atoms with Gasteiger partial charge in [0.05, 0.1) is 9.82 Å². The fraction of sp³-hybridized carbons (Fsp3) is 0.294. The van der Waals surface area contributed by atoms with Crippen LogP contribution in [0.4, 0.5) is 17.1 Å². The van der Waals surface area contributed by atoms with Crippen molar-refractivity contribution in [2.45, 2.75) is 25.7 Å². The summed E-state index contributed by atoms with van der Waals surface area (Å²) >= 11 is 0. The second-order valence-corrected chi connectivity index (χ2v) is 7.21. The molecule has 8 heteroatoms. The van der Waals surface area contributed by atoms with Gasteiger partial charge in [-0.2, -0.15) is 0 Å². The molecule has 134 valence electrons. The zero-order chi connectivity index (χ0) is 18.6. The summed E-state index contributed by atoms with van der Waals surface area (Å²) in [5.74, 6) is 0. The molecule has 0 aromatic heterocycles. The number of nitro benzene ring substituents is 1. The van der Waals surface area contributed by atoms with E-state index in [0.717, 1.165) is 24.8 Å². The van der Waals surface area contributed by atoms with Crippen LogP contribution in [-0.4, -0.2) is 26.4 Å². The Morgan fingerprint density at radius 1 is 1.08 bits per heavy atom. The monoisotopic (exact) mass is 363 g/mol. The highest BCUT2D eigenvalue weighted by atomic mass is 32.2. The van der Waals surface area contributed by atoms with Gasteiger partial charge >= 0.3 is 0 Å². The number of aryl methyl sites for hydroxylation is 1. The minimum Gasteiger partial charge on any atom is -0.372 e. The van der Waals surface area contributed by atoms with Gasteiger partial charge in [-0.1, -0.05) is 6.07 Å². The molecule has 0 spiro atoms. The van der Waals surface area contributed by atoms with Crippen molar-refractivity contribution in [3.05, 3.63) is 58.1 Å². The Bertz CT molecular complexity index is 860. The molecule has 2 rings (SSSR count). The molecule has 1 N–H and O–H groups in total. The predicted molar refractivity (Wildman–Crippen MR) is 98.6 cm³/mol. The molecule has 7 nitrogen and oxygen atoms in total. The van der Waals surface area contributed by atoms with E-state index in [0.29, 0.717) is 11.3 Å². The zero-order valence-electron chi connectivity index (χ0n) is 14.4. The van der Waals surface area contributed by atoms with Crippen molar-refractivity contribution >= 4 is 27.1 Å². The van der Waals surface area contributed by atoms with Crippen molar-refractivity contribution in [2.75, 3.05) is 22.7 Å². The van der Waals surface area contributed by atoms with Crippen molar-refractivity contribution in [1.29, 1.82) is 0 Å². The Hall–Kier alpha value is -2.61. The summed E-state index contributed by atoms with van der Waals surface area (Å²) in [7, 11) is -3.90. The van der Waals surface area contributed by atoms with E-state index in [1.807, 2.05) is 26.0 Å². The smallest absolute Gasteiger partial charge is 0.273 e. The van der Waals surface area contributed by atoms with Crippen molar-refractivity contribution in [3.8, 4) is 0 Å². The molecule has 0 fully saturated rings. The van der Waals surface area contributed by atoms with Gasteiger partial charge in [-0.25, -0.2) is 8.42 Å². The second-order valence-electron chi connectivity index (χ2n) is 5.53. The van der Waals surface area contributed by atoms with E-state index in [9.17, 15) is 18.5 Å². The molecule has 0 saturated heterocycles. The lowest BCUT2D eigenvalue weighted by molar-refractivity contribution is -0.385. The minimum absolute atomic E-state index is 0.141. The number of sulfonamides is 1. The number of nitrogens with zero attached hydrogens (tertiary/aromatic N) is 2. The van der Waals surface area contributed by atoms with Crippen LogP contribution in [0.1, 0.15) is 19.4 Å². The lowest BCUT2D eigenvalue weighted by atomic mass is 10.2. The molecular weight excluding hydrogens is 342 g/mol. The van der Waals surface area contributed by atoms with Gasteiger partial charge in [-0.15, -0.1) is 0 Å². The largest absolute Gasteiger partial charge is 0.372 e. The van der Waals surface area contributed by atoms with Gasteiger partial charge in [0.25, 0.3) is 15.7 Å².